The monoisotopic (exact) mass is 448 g/mol. The third kappa shape index (κ3) is 4.65. The topological polar surface area (TPSA) is 83.6 Å². The van der Waals surface area contributed by atoms with E-state index < -0.39 is 20.0 Å². The molecule has 10 heteroatoms. The molecule has 0 amide bonds. The molecule has 2 heterocycles. The number of hydrogen-bond donors (Lipinski definition) is 1. The van der Waals surface area contributed by atoms with Crippen molar-refractivity contribution in [1.29, 1.82) is 0 Å². The number of nitrogens with zero attached hydrogens (tertiary/aromatic N) is 1. The van der Waals surface area contributed by atoms with E-state index in [1.807, 2.05) is 13.8 Å². The van der Waals surface area contributed by atoms with Gasteiger partial charge in [-0.3, -0.25) is 4.72 Å². The highest BCUT2D eigenvalue weighted by atomic mass is 35.5. The molecule has 1 aromatic heterocycles. The van der Waals surface area contributed by atoms with Crippen LogP contribution in [0.25, 0.3) is 0 Å². The zero-order chi connectivity index (χ0) is 19.8. The fraction of sp³-hybridized carbons (Fsp3) is 0.412. The van der Waals surface area contributed by atoms with Crippen molar-refractivity contribution in [3.8, 4) is 0 Å². The Morgan fingerprint density at radius 1 is 1.00 bits per heavy atom. The summed E-state index contributed by atoms with van der Waals surface area (Å²) in [5.74, 6) is 0.624. The lowest BCUT2D eigenvalue weighted by Gasteiger charge is -2.34. The third-order valence-electron chi connectivity index (χ3n) is 4.39. The Morgan fingerprint density at radius 3 is 2.11 bits per heavy atom. The van der Waals surface area contributed by atoms with Crippen LogP contribution in [0.4, 0.5) is 5.69 Å². The maximum atomic E-state index is 12.9. The minimum Gasteiger partial charge on any atom is -0.279 e. The van der Waals surface area contributed by atoms with E-state index in [9.17, 15) is 16.8 Å². The molecule has 0 bridgehead atoms. The summed E-state index contributed by atoms with van der Waals surface area (Å²) in [6, 6.07) is 8.70. The van der Waals surface area contributed by atoms with Crippen LogP contribution in [0, 0.1) is 11.8 Å². The Bertz CT molecular complexity index is 1010. The maximum absolute atomic E-state index is 12.9. The molecular weight excluding hydrogens is 428 g/mol. The molecule has 148 valence electrons. The van der Waals surface area contributed by atoms with E-state index in [2.05, 4.69) is 4.72 Å². The molecule has 1 N–H and O–H groups in total. The standard InChI is InChI=1S/C17H21ClN2O4S3/c1-12-9-13(2)11-20(10-12)27(23,24)15-5-3-14(4-6-15)19-26(21,22)17-8-7-16(18)25-17/h3-8,12-13,19H,9-11H2,1-2H3/t12-,13-/m1/s1. The van der Waals surface area contributed by atoms with Gasteiger partial charge in [-0.05, 0) is 54.7 Å². The number of anilines is 1. The first kappa shape index (κ1) is 20.6. The summed E-state index contributed by atoms with van der Waals surface area (Å²) >= 11 is 6.74. The molecule has 1 aliphatic rings. The van der Waals surface area contributed by atoms with Gasteiger partial charge < -0.3 is 0 Å². The Hall–Kier alpha value is -1.13. The van der Waals surface area contributed by atoms with Gasteiger partial charge in [-0.15, -0.1) is 11.3 Å². The van der Waals surface area contributed by atoms with Crippen LogP contribution >= 0.6 is 22.9 Å². The molecule has 6 nitrogen and oxygen atoms in total. The Morgan fingerprint density at radius 2 is 1.59 bits per heavy atom. The van der Waals surface area contributed by atoms with Crippen molar-refractivity contribution in [3.63, 3.8) is 0 Å². The predicted octanol–water partition coefficient (Wildman–Crippen LogP) is 3.87. The fourth-order valence-electron chi connectivity index (χ4n) is 3.29. The molecule has 0 saturated carbocycles. The summed E-state index contributed by atoms with van der Waals surface area (Å²) in [7, 11) is -7.35. The number of rotatable bonds is 5. The first-order chi connectivity index (χ1) is 12.6. The maximum Gasteiger partial charge on any atom is 0.271 e. The van der Waals surface area contributed by atoms with Crippen molar-refractivity contribution in [1.82, 2.24) is 4.31 Å². The molecule has 1 saturated heterocycles. The normalized spacial score (nSPS) is 21.9. The minimum atomic E-state index is -3.75. The fourth-order valence-corrected chi connectivity index (χ4v) is 7.51. The first-order valence-electron chi connectivity index (χ1n) is 8.46. The summed E-state index contributed by atoms with van der Waals surface area (Å²) in [4.78, 5) is 0.158. The van der Waals surface area contributed by atoms with Gasteiger partial charge in [0.25, 0.3) is 10.0 Å². The van der Waals surface area contributed by atoms with Gasteiger partial charge in [-0.1, -0.05) is 25.4 Å². The number of halogens is 1. The molecule has 0 unspecified atom stereocenters. The molecule has 2 aromatic rings. The van der Waals surface area contributed by atoms with E-state index in [0.717, 1.165) is 17.8 Å². The zero-order valence-corrected chi connectivity index (χ0v) is 18.1. The van der Waals surface area contributed by atoms with Crippen LogP contribution in [0.3, 0.4) is 0 Å². The SMILES string of the molecule is C[C@@H]1C[C@@H](C)CN(S(=O)(=O)c2ccc(NS(=O)(=O)c3ccc(Cl)s3)cc2)C1. The largest absolute Gasteiger partial charge is 0.279 e. The number of benzene rings is 1. The summed E-state index contributed by atoms with van der Waals surface area (Å²) in [6.07, 6.45) is 1.01. The van der Waals surface area contributed by atoms with Gasteiger partial charge >= 0.3 is 0 Å². The molecule has 1 aromatic carbocycles. The van der Waals surface area contributed by atoms with Crippen LogP contribution in [0.1, 0.15) is 20.3 Å². The van der Waals surface area contributed by atoms with Crippen LogP contribution in [-0.4, -0.2) is 34.2 Å². The van der Waals surface area contributed by atoms with E-state index in [4.69, 9.17) is 11.6 Å². The van der Waals surface area contributed by atoms with Crippen LogP contribution in [0.5, 0.6) is 0 Å². The molecule has 0 aliphatic carbocycles. The quantitative estimate of drug-likeness (QED) is 0.752. The Balaban J connectivity index is 1.79. The van der Waals surface area contributed by atoms with Crippen molar-refractivity contribution >= 4 is 48.7 Å². The van der Waals surface area contributed by atoms with Crippen molar-refractivity contribution in [2.24, 2.45) is 11.8 Å². The van der Waals surface area contributed by atoms with Crippen molar-refractivity contribution < 1.29 is 16.8 Å². The number of nitrogens with one attached hydrogen (secondary N) is 1. The van der Waals surface area contributed by atoms with Crippen LogP contribution < -0.4 is 4.72 Å². The number of piperidine rings is 1. The molecule has 0 spiro atoms. The molecule has 2 atom stereocenters. The zero-order valence-electron chi connectivity index (χ0n) is 14.9. The second-order valence-electron chi connectivity index (χ2n) is 6.96. The molecule has 27 heavy (non-hydrogen) atoms. The van der Waals surface area contributed by atoms with E-state index >= 15 is 0 Å². The highest BCUT2D eigenvalue weighted by molar-refractivity contribution is 7.94. The van der Waals surface area contributed by atoms with Gasteiger partial charge in [0.1, 0.15) is 4.21 Å². The van der Waals surface area contributed by atoms with E-state index in [1.54, 1.807) is 0 Å². The molecule has 0 radical (unpaired) electrons. The van der Waals surface area contributed by atoms with E-state index in [-0.39, 0.29) is 9.10 Å². The van der Waals surface area contributed by atoms with Gasteiger partial charge in [0.15, 0.2) is 0 Å². The lowest BCUT2D eigenvalue weighted by atomic mass is 9.94. The highest BCUT2D eigenvalue weighted by Gasteiger charge is 2.31. The second kappa shape index (κ2) is 7.71. The Labute approximate surface area is 169 Å². The summed E-state index contributed by atoms with van der Waals surface area (Å²) in [6.45, 7) is 5.10. The number of sulfonamides is 2. The summed E-state index contributed by atoms with van der Waals surface area (Å²) in [5, 5.41) is 0. The predicted molar refractivity (Wildman–Crippen MR) is 108 cm³/mol. The van der Waals surface area contributed by atoms with Crippen LogP contribution in [-0.2, 0) is 20.0 Å². The molecule has 3 rings (SSSR count). The van der Waals surface area contributed by atoms with Crippen molar-refractivity contribution in [2.45, 2.75) is 29.4 Å². The van der Waals surface area contributed by atoms with Gasteiger partial charge in [-0.2, -0.15) is 4.31 Å². The van der Waals surface area contributed by atoms with Crippen LogP contribution in [0.2, 0.25) is 4.34 Å². The van der Waals surface area contributed by atoms with E-state index in [1.165, 1.54) is 40.7 Å². The molecular formula is C17H21ClN2O4S3. The van der Waals surface area contributed by atoms with Gasteiger partial charge in [-0.25, -0.2) is 16.8 Å². The lowest BCUT2D eigenvalue weighted by molar-refractivity contribution is 0.222. The number of thiophene rings is 1. The van der Waals surface area contributed by atoms with Gasteiger partial charge in [0, 0.05) is 18.8 Å². The first-order valence-corrected chi connectivity index (χ1v) is 12.6. The Kier molecular flexibility index (Phi) is 5.88. The third-order valence-corrected chi connectivity index (χ3v) is 9.34. The average Bonchev–Trinajstić information content (AvgIpc) is 3.01. The summed E-state index contributed by atoms with van der Waals surface area (Å²) < 4.78 is 54.8. The van der Waals surface area contributed by atoms with E-state index in [0.29, 0.717) is 34.9 Å². The number of hydrogen-bond acceptors (Lipinski definition) is 5. The van der Waals surface area contributed by atoms with Gasteiger partial charge in [0.05, 0.1) is 9.23 Å². The lowest BCUT2D eigenvalue weighted by Crippen LogP contribution is -2.42. The molecule has 1 fully saturated rings. The minimum absolute atomic E-state index is 0.0977. The second-order valence-corrected chi connectivity index (χ2v) is 12.5. The molecule has 1 aliphatic heterocycles. The van der Waals surface area contributed by atoms with Crippen molar-refractivity contribution in [2.75, 3.05) is 17.8 Å². The van der Waals surface area contributed by atoms with Crippen LogP contribution in [0.15, 0.2) is 45.5 Å². The average molecular weight is 449 g/mol. The van der Waals surface area contributed by atoms with Crippen molar-refractivity contribution in [3.05, 3.63) is 40.7 Å². The smallest absolute Gasteiger partial charge is 0.271 e. The van der Waals surface area contributed by atoms with Gasteiger partial charge in [0.2, 0.25) is 10.0 Å². The highest BCUT2D eigenvalue weighted by Crippen LogP contribution is 2.29. The summed E-state index contributed by atoms with van der Waals surface area (Å²) in [5.41, 5.74) is 0.291.